The molecular formula is C13H25N3S. The molecule has 2 N–H and O–H groups in total. The van der Waals surface area contributed by atoms with Gasteiger partial charge in [0.25, 0.3) is 0 Å². The van der Waals surface area contributed by atoms with E-state index in [1.807, 2.05) is 11.8 Å². The lowest BCUT2D eigenvalue weighted by molar-refractivity contribution is 0.628. The Bertz CT molecular complexity index is 347. The summed E-state index contributed by atoms with van der Waals surface area (Å²) in [4.78, 5) is 0. The van der Waals surface area contributed by atoms with Gasteiger partial charge in [-0.2, -0.15) is 16.9 Å². The minimum Gasteiger partial charge on any atom is -0.327 e. The van der Waals surface area contributed by atoms with E-state index in [1.165, 1.54) is 17.0 Å². The Labute approximate surface area is 109 Å². The van der Waals surface area contributed by atoms with Crippen LogP contribution < -0.4 is 5.73 Å². The largest absolute Gasteiger partial charge is 0.327 e. The van der Waals surface area contributed by atoms with Crippen molar-refractivity contribution < 1.29 is 0 Å². The van der Waals surface area contributed by atoms with Crippen molar-refractivity contribution in [2.75, 3.05) is 11.5 Å². The normalized spacial score (nSPS) is 13.0. The Morgan fingerprint density at radius 2 is 2.06 bits per heavy atom. The quantitative estimate of drug-likeness (QED) is 0.761. The number of nitrogens with two attached hydrogens (primary N) is 1. The highest BCUT2D eigenvalue weighted by atomic mass is 32.2. The van der Waals surface area contributed by atoms with Crippen LogP contribution in [0.5, 0.6) is 0 Å². The molecule has 3 nitrogen and oxygen atoms in total. The van der Waals surface area contributed by atoms with Gasteiger partial charge in [-0.05, 0) is 38.0 Å². The van der Waals surface area contributed by atoms with Crippen LogP contribution in [0.3, 0.4) is 0 Å². The van der Waals surface area contributed by atoms with Gasteiger partial charge in [-0.1, -0.05) is 13.8 Å². The van der Waals surface area contributed by atoms with Crippen molar-refractivity contribution in [1.29, 1.82) is 0 Å². The third-order valence-corrected chi connectivity index (χ3v) is 4.05. The molecule has 0 radical (unpaired) electrons. The standard InChI is InChI=1S/C13H25N3S/c1-5-12(14)9-13-10(3)15-16(11(13)4)7-8-17-6-2/h12H,5-9,14H2,1-4H3. The van der Waals surface area contributed by atoms with E-state index in [-0.39, 0.29) is 6.04 Å². The Kier molecular flexibility index (Phi) is 6.06. The third-order valence-electron chi connectivity index (χ3n) is 3.17. The average Bonchev–Trinajstić information content (AvgIpc) is 2.57. The van der Waals surface area contributed by atoms with Crippen LogP contribution in [0.1, 0.15) is 37.2 Å². The molecule has 1 aromatic rings. The fourth-order valence-electron chi connectivity index (χ4n) is 1.95. The van der Waals surface area contributed by atoms with Crippen molar-refractivity contribution in [3.63, 3.8) is 0 Å². The molecule has 1 heterocycles. The van der Waals surface area contributed by atoms with E-state index in [1.54, 1.807) is 0 Å². The second-order valence-corrected chi connectivity index (χ2v) is 5.84. The zero-order chi connectivity index (χ0) is 12.8. The number of hydrogen-bond acceptors (Lipinski definition) is 3. The van der Waals surface area contributed by atoms with Crippen molar-refractivity contribution in [3.8, 4) is 0 Å². The molecule has 1 aromatic heterocycles. The van der Waals surface area contributed by atoms with Crippen LogP contribution in [-0.4, -0.2) is 27.3 Å². The fourth-order valence-corrected chi connectivity index (χ4v) is 2.54. The second kappa shape index (κ2) is 7.07. The van der Waals surface area contributed by atoms with E-state index in [9.17, 15) is 0 Å². The van der Waals surface area contributed by atoms with Crippen molar-refractivity contribution in [2.24, 2.45) is 5.73 Å². The van der Waals surface area contributed by atoms with Gasteiger partial charge in [0.1, 0.15) is 0 Å². The van der Waals surface area contributed by atoms with Crippen molar-refractivity contribution in [1.82, 2.24) is 9.78 Å². The predicted molar refractivity (Wildman–Crippen MR) is 76.7 cm³/mol. The van der Waals surface area contributed by atoms with Gasteiger partial charge in [-0.15, -0.1) is 0 Å². The molecule has 0 fully saturated rings. The molecule has 1 atom stereocenters. The van der Waals surface area contributed by atoms with Crippen LogP contribution in [0.25, 0.3) is 0 Å². The van der Waals surface area contributed by atoms with Crippen LogP contribution >= 0.6 is 11.8 Å². The van der Waals surface area contributed by atoms with E-state index < -0.39 is 0 Å². The molecule has 0 aliphatic heterocycles. The number of nitrogens with zero attached hydrogens (tertiary/aromatic N) is 2. The molecule has 0 amide bonds. The van der Waals surface area contributed by atoms with Gasteiger partial charge >= 0.3 is 0 Å². The number of aryl methyl sites for hydroxylation is 2. The first-order valence-corrected chi connectivity index (χ1v) is 7.61. The zero-order valence-corrected chi connectivity index (χ0v) is 12.3. The van der Waals surface area contributed by atoms with Gasteiger partial charge < -0.3 is 5.73 Å². The van der Waals surface area contributed by atoms with E-state index in [4.69, 9.17) is 5.73 Å². The molecular weight excluding hydrogens is 230 g/mol. The first-order valence-electron chi connectivity index (χ1n) is 6.46. The van der Waals surface area contributed by atoms with Gasteiger partial charge in [0, 0.05) is 17.5 Å². The SMILES string of the molecule is CCSCCn1nc(C)c(CC(N)CC)c1C. The molecule has 1 unspecified atom stereocenters. The summed E-state index contributed by atoms with van der Waals surface area (Å²) in [5.74, 6) is 2.31. The third kappa shape index (κ3) is 4.03. The highest BCUT2D eigenvalue weighted by Crippen LogP contribution is 2.16. The van der Waals surface area contributed by atoms with Crippen LogP contribution in [0.4, 0.5) is 0 Å². The summed E-state index contributed by atoms with van der Waals surface area (Å²) in [6.45, 7) is 9.59. The lowest BCUT2D eigenvalue weighted by atomic mass is 10.0. The minimum atomic E-state index is 0.259. The summed E-state index contributed by atoms with van der Waals surface area (Å²) in [6.07, 6.45) is 1.98. The molecule has 4 heteroatoms. The lowest BCUT2D eigenvalue weighted by Crippen LogP contribution is -2.22. The number of hydrogen-bond donors (Lipinski definition) is 1. The van der Waals surface area contributed by atoms with Crippen LogP contribution in [0.2, 0.25) is 0 Å². The van der Waals surface area contributed by atoms with Crippen LogP contribution in [-0.2, 0) is 13.0 Å². The lowest BCUT2D eigenvalue weighted by Gasteiger charge is -2.09. The van der Waals surface area contributed by atoms with Gasteiger partial charge in [-0.25, -0.2) is 0 Å². The van der Waals surface area contributed by atoms with E-state index >= 15 is 0 Å². The van der Waals surface area contributed by atoms with Gasteiger partial charge in [0.15, 0.2) is 0 Å². The summed E-state index contributed by atoms with van der Waals surface area (Å²) in [5.41, 5.74) is 9.82. The van der Waals surface area contributed by atoms with Gasteiger partial charge in [-0.3, -0.25) is 4.68 Å². The first kappa shape index (κ1) is 14.6. The fraction of sp³-hybridized carbons (Fsp3) is 0.769. The van der Waals surface area contributed by atoms with Crippen LogP contribution in [0.15, 0.2) is 0 Å². The average molecular weight is 255 g/mol. The predicted octanol–water partition coefficient (Wildman–Crippen LogP) is 2.53. The molecule has 98 valence electrons. The number of thioether (sulfide) groups is 1. The van der Waals surface area contributed by atoms with E-state index in [2.05, 4.69) is 37.5 Å². The second-order valence-electron chi connectivity index (χ2n) is 4.44. The molecule has 17 heavy (non-hydrogen) atoms. The summed E-state index contributed by atoms with van der Waals surface area (Å²) in [7, 11) is 0. The summed E-state index contributed by atoms with van der Waals surface area (Å²) in [6, 6.07) is 0.259. The van der Waals surface area contributed by atoms with E-state index in [0.29, 0.717) is 0 Å². The molecule has 0 aliphatic carbocycles. The Balaban J connectivity index is 2.71. The molecule has 0 bridgehead atoms. The van der Waals surface area contributed by atoms with Crippen molar-refractivity contribution in [3.05, 3.63) is 17.0 Å². The Hall–Kier alpha value is -0.480. The molecule has 0 spiro atoms. The summed E-state index contributed by atoms with van der Waals surface area (Å²) >= 11 is 1.96. The summed E-state index contributed by atoms with van der Waals surface area (Å²) < 4.78 is 2.13. The molecule has 0 saturated heterocycles. The molecule has 0 saturated carbocycles. The monoisotopic (exact) mass is 255 g/mol. The molecule has 1 rings (SSSR count). The number of aromatic nitrogens is 2. The first-order chi connectivity index (χ1) is 8.10. The topological polar surface area (TPSA) is 43.8 Å². The van der Waals surface area contributed by atoms with Crippen LogP contribution in [0, 0.1) is 13.8 Å². The van der Waals surface area contributed by atoms with Crippen molar-refractivity contribution in [2.45, 2.75) is 53.1 Å². The smallest absolute Gasteiger partial charge is 0.0629 e. The number of rotatable bonds is 7. The van der Waals surface area contributed by atoms with Gasteiger partial charge in [0.2, 0.25) is 0 Å². The van der Waals surface area contributed by atoms with Crippen molar-refractivity contribution >= 4 is 11.8 Å². The minimum absolute atomic E-state index is 0.259. The Morgan fingerprint density at radius 3 is 2.65 bits per heavy atom. The maximum Gasteiger partial charge on any atom is 0.0629 e. The highest BCUT2D eigenvalue weighted by Gasteiger charge is 2.13. The zero-order valence-electron chi connectivity index (χ0n) is 11.5. The molecule has 0 aliphatic rings. The maximum absolute atomic E-state index is 6.03. The van der Waals surface area contributed by atoms with Gasteiger partial charge in [0.05, 0.1) is 12.2 Å². The highest BCUT2D eigenvalue weighted by molar-refractivity contribution is 7.99. The maximum atomic E-state index is 6.03. The van der Waals surface area contributed by atoms with E-state index in [0.717, 1.165) is 30.8 Å². The Morgan fingerprint density at radius 1 is 1.35 bits per heavy atom. The molecule has 0 aromatic carbocycles. The summed E-state index contributed by atoms with van der Waals surface area (Å²) in [5, 5.41) is 4.62.